The molecular weight excluding hydrogens is 495 g/mol. The number of carbonyl (C=O) groups is 3. The van der Waals surface area contributed by atoms with Crippen molar-refractivity contribution in [1.29, 1.82) is 0 Å². The van der Waals surface area contributed by atoms with Crippen LogP contribution in [0, 0.1) is 28.6 Å². The molecule has 3 fully saturated rings. The topological polar surface area (TPSA) is 60.4 Å². The summed E-state index contributed by atoms with van der Waals surface area (Å²) in [6, 6.07) is 0. The minimum atomic E-state index is -1.31. The van der Waals surface area contributed by atoms with E-state index in [1.54, 1.807) is 12.2 Å². The molecule has 188 valence electrons. The number of ether oxygens (including phenoxy) is 1. The Kier molecular flexibility index (Phi) is 6.88. The summed E-state index contributed by atoms with van der Waals surface area (Å²) in [4.78, 5) is 37.8. The SMILES string of the molecule is CCCCC(=O)O[C@]1(C(=O)CCl)C(C)C[C@H]2[C@@H]3CCC4=CC(=O)C=C[C@]4(C)[C@@]3(Cl)C(Cl)C[C@@]21C. The van der Waals surface area contributed by atoms with E-state index < -0.39 is 26.7 Å². The Hall–Kier alpha value is -0.840. The molecule has 3 saturated carbocycles. The first-order valence-corrected chi connectivity index (χ1v) is 13.9. The first-order chi connectivity index (χ1) is 15.9. The molecule has 0 saturated heterocycles. The Bertz CT molecular complexity index is 960. The van der Waals surface area contributed by atoms with Crippen LogP contribution in [-0.2, 0) is 19.1 Å². The van der Waals surface area contributed by atoms with Gasteiger partial charge in [0.1, 0.15) is 0 Å². The van der Waals surface area contributed by atoms with E-state index >= 15 is 0 Å². The summed E-state index contributed by atoms with van der Waals surface area (Å²) in [6.45, 7) is 8.15. The lowest BCUT2D eigenvalue weighted by molar-refractivity contribution is -0.192. The van der Waals surface area contributed by atoms with Crippen LogP contribution >= 0.6 is 34.8 Å². The molecule has 0 aromatic heterocycles. The van der Waals surface area contributed by atoms with E-state index in [2.05, 4.69) is 13.8 Å². The minimum absolute atomic E-state index is 0.00258. The normalized spacial score (nSPS) is 45.1. The Balaban J connectivity index is 1.80. The Labute approximate surface area is 217 Å². The van der Waals surface area contributed by atoms with Gasteiger partial charge in [-0.25, -0.2) is 0 Å². The Morgan fingerprint density at radius 3 is 2.59 bits per heavy atom. The van der Waals surface area contributed by atoms with Gasteiger partial charge in [0.25, 0.3) is 0 Å². The van der Waals surface area contributed by atoms with Gasteiger partial charge in [-0.3, -0.25) is 14.4 Å². The van der Waals surface area contributed by atoms with Crippen LogP contribution < -0.4 is 0 Å². The molecule has 0 aliphatic heterocycles. The zero-order chi connectivity index (χ0) is 25.1. The van der Waals surface area contributed by atoms with Crippen molar-refractivity contribution in [3.05, 3.63) is 23.8 Å². The number of esters is 1. The molecule has 0 spiro atoms. The summed E-state index contributed by atoms with van der Waals surface area (Å²) in [5, 5.41) is -0.492. The van der Waals surface area contributed by atoms with Crippen molar-refractivity contribution in [3.63, 3.8) is 0 Å². The summed E-state index contributed by atoms with van der Waals surface area (Å²) in [5.74, 6) is -0.991. The molecule has 4 aliphatic carbocycles. The van der Waals surface area contributed by atoms with E-state index in [4.69, 9.17) is 39.5 Å². The van der Waals surface area contributed by atoms with Crippen LogP contribution in [0.25, 0.3) is 0 Å². The highest BCUT2D eigenvalue weighted by Crippen LogP contribution is 2.73. The monoisotopic (exact) mass is 528 g/mol. The van der Waals surface area contributed by atoms with Crippen LogP contribution in [0.3, 0.4) is 0 Å². The van der Waals surface area contributed by atoms with E-state index in [1.807, 2.05) is 19.9 Å². The van der Waals surface area contributed by atoms with Gasteiger partial charge in [-0.05, 0) is 56.1 Å². The second kappa shape index (κ2) is 8.92. The highest BCUT2D eigenvalue weighted by atomic mass is 35.5. The van der Waals surface area contributed by atoms with Crippen LogP contribution in [0.5, 0.6) is 0 Å². The average Bonchev–Trinajstić information content (AvgIpc) is 3.00. The standard InChI is InChI=1S/C27H35Cl3O4/c1-5-6-7-23(33)34-27(22(32)15-28)16(2)12-20-19-9-8-17-13-18(31)10-11-24(17,3)26(19,30)21(29)14-25(20,27)4/h10-11,13,16,19-21H,5-9,12,14-15H2,1-4H3/t16?,19-,20-,21?,24-,25-,26-,27-/m0/s1. The largest absolute Gasteiger partial charge is 0.450 e. The van der Waals surface area contributed by atoms with Gasteiger partial charge in [-0.15, -0.1) is 34.8 Å². The number of fused-ring (bicyclic) bond motifs is 5. The molecule has 4 aliphatic rings. The molecule has 0 bridgehead atoms. The fraction of sp³-hybridized carbons (Fsp3) is 0.741. The van der Waals surface area contributed by atoms with Gasteiger partial charge >= 0.3 is 5.97 Å². The molecule has 8 atom stereocenters. The minimum Gasteiger partial charge on any atom is -0.450 e. The van der Waals surface area contributed by atoms with Crippen molar-refractivity contribution >= 4 is 52.3 Å². The van der Waals surface area contributed by atoms with E-state index in [1.165, 1.54) is 0 Å². The van der Waals surface area contributed by atoms with Crippen LogP contribution in [0.1, 0.15) is 72.6 Å². The zero-order valence-electron chi connectivity index (χ0n) is 20.5. The quantitative estimate of drug-likeness (QED) is 0.295. The van der Waals surface area contributed by atoms with Crippen molar-refractivity contribution < 1.29 is 19.1 Å². The molecule has 0 amide bonds. The molecule has 4 rings (SSSR count). The maximum absolute atomic E-state index is 13.5. The predicted octanol–water partition coefficient (Wildman–Crippen LogP) is 6.40. The van der Waals surface area contributed by atoms with Crippen molar-refractivity contribution in [2.75, 3.05) is 5.88 Å². The molecule has 2 unspecified atom stereocenters. The maximum atomic E-state index is 13.5. The maximum Gasteiger partial charge on any atom is 0.306 e. The van der Waals surface area contributed by atoms with Crippen LogP contribution in [0.15, 0.2) is 23.8 Å². The lowest BCUT2D eigenvalue weighted by Gasteiger charge is -2.64. The number of allylic oxidation sites excluding steroid dienone is 4. The van der Waals surface area contributed by atoms with Crippen LogP contribution in [0.4, 0.5) is 0 Å². The highest BCUT2D eigenvalue weighted by molar-refractivity contribution is 6.34. The number of carbonyl (C=O) groups excluding carboxylic acids is 3. The predicted molar refractivity (Wildman–Crippen MR) is 135 cm³/mol. The number of rotatable bonds is 6. The van der Waals surface area contributed by atoms with Crippen molar-refractivity contribution in [1.82, 2.24) is 0 Å². The Morgan fingerprint density at radius 2 is 1.94 bits per heavy atom. The van der Waals surface area contributed by atoms with E-state index in [0.717, 1.165) is 24.8 Å². The molecular formula is C27H35Cl3O4. The molecule has 0 N–H and O–H groups in total. The summed E-state index contributed by atoms with van der Waals surface area (Å²) < 4.78 is 6.20. The van der Waals surface area contributed by atoms with E-state index in [0.29, 0.717) is 19.3 Å². The number of Topliss-reactive ketones (excluding diaryl/α,β-unsaturated/α-hetero) is 1. The molecule has 34 heavy (non-hydrogen) atoms. The number of halogens is 3. The summed E-state index contributed by atoms with van der Waals surface area (Å²) >= 11 is 21.0. The summed E-state index contributed by atoms with van der Waals surface area (Å²) in [5.41, 5.74) is -1.52. The van der Waals surface area contributed by atoms with Gasteiger partial charge in [-0.2, -0.15) is 0 Å². The number of hydrogen-bond donors (Lipinski definition) is 0. The third-order valence-electron chi connectivity index (χ3n) is 9.68. The van der Waals surface area contributed by atoms with Gasteiger partial charge in [0.2, 0.25) is 0 Å². The molecule has 0 aromatic carbocycles. The number of ketones is 2. The fourth-order valence-electron chi connectivity index (χ4n) is 7.98. The summed E-state index contributed by atoms with van der Waals surface area (Å²) in [6.07, 6.45) is 9.77. The first kappa shape index (κ1) is 26.2. The molecule has 0 aromatic rings. The number of unbranched alkanes of at least 4 members (excludes halogenated alkanes) is 1. The molecule has 7 heteroatoms. The van der Waals surface area contributed by atoms with E-state index in [-0.39, 0.29) is 47.6 Å². The first-order valence-electron chi connectivity index (χ1n) is 12.5. The summed E-state index contributed by atoms with van der Waals surface area (Å²) in [7, 11) is 0. The Morgan fingerprint density at radius 1 is 1.24 bits per heavy atom. The van der Waals surface area contributed by atoms with Crippen molar-refractivity contribution in [2.24, 2.45) is 28.6 Å². The van der Waals surface area contributed by atoms with Crippen LogP contribution in [0.2, 0.25) is 0 Å². The second-order valence-electron chi connectivity index (χ2n) is 11.2. The van der Waals surface area contributed by atoms with Gasteiger partial charge in [0, 0.05) is 23.2 Å². The third kappa shape index (κ3) is 3.34. The number of hydrogen-bond acceptors (Lipinski definition) is 4. The number of alkyl halides is 3. The smallest absolute Gasteiger partial charge is 0.306 e. The van der Waals surface area contributed by atoms with Gasteiger partial charge in [0.05, 0.1) is 16.1 Å². The average molecular weight is 530 g/mol. The van der Waals surface area contributed by atoms with E-state index in [9.17, 15) is 14.4 Å². The highest BCUT2D eigenvalue weighted by Gasteiger charge is 2.76. The molecule has 0 radical (unpaired) electrons. The second-order valence-corrected chi connectivity index (χ2v) is 12.6. The fourth-order valence-corrected chi connectivity index (χ4v) is 9.42. The molecule has 0 heterocycles. The van der Waals surface area contributed by atoms with Crippen LogP contribution in [-0.4, -0.2) is 39.3 Å². The van der Waals surface area contributed by atoms with Gasteiger partial charge < -0.3 is 4.74 Å². The van der Waals surface area contributed by atoms with Gasteiger partial charge in [0.15, 0.2) is 17.2 Å². The molecule has 4 nitrogen and oxygen atoms in total. The van der Waals surface area contributed by atoms with Crippen molar-refractivity contribution in [2.45, 2.75) is 88.5 Å². The van der Waals surface area contributed by atoms with Crippen molar-refractivity contribution in [3.8, 4) is 0 Å². The zero-order valence-corrected chi connectivity index (χ0v) is 22.7. The lowest BCUT2D eigenvalue weighted by Crippen LogP contribution is -2.68. The third-order valence-corrected chi connectivity index (χ3v) is 11.5. The van der Waals surface area contributed by atoms with Gasteiger partial charge in [-0.1, -0.05) is 45.8 Å². The lowest BCUT2D eigenvalue weighted by atomic mass is 9.46.